The van der Waals surface area contributed by atoms with E-state index in [2.05, 4.69) is 17.2 Å². The minimum absolute atomic E-state index is 0.311. The van der Waals surface area contributed by atoms with Crippen LogP contribution in [0.2, 0.25) is 0 Å². The molecule has 1 amide bonds. The number of carbonyl (C=O) groups excluding carboxylic acids is 3. The minimum atomic E-state index is -1.01. The van der Waals surface area contributed by atoms with Crippen molar-refractivity contribution in [2.45, 2.75) is 45.6 Å². The van der Waals surface area contributed by atoms with Crippen molar-refractivity contribution in [1.29, 1.82) is 0 Å². The lowest BCUT2D eigenvalue weighted by atomic mass is 9.71. The van der Waals surface area contributed by atoms with Gasteiger partial charge in [-0.2, -0.15) is 0 Å². The summed E-state index contributed by atoms with van der Waals surface area (Å²) in [5, 5.41) is 13.3. The summed E-state index contributed by atoms with van der Waals surface area (Å²) >= 11 is 0. The first-order chi connectivity index (χ1) is 15.4. The van der Waals surface area contributed by atoms with Gasteiger partial charge in [0.05, 0.1) is 0 Å². The van der Waals surface area contributed by atoms with Crippen molar-refractivity contribution in [3.63, 3.8) is 0 Å². The van der Waals surface area contributed by atoms with Gasteiger partial charge >= 0.3 is 5.97 Å². The third-order valence-corrected chi connectivity index (χ3v) is 5.16. The highest BCUT2D eigenvalue weighted by atomic mass is 16.6. The number of aliphatic hydroxyl groups excluding tert-OH is 1. The van der Waals surface area contributed by atoms with Gasteiger partial charge in [0.1, 0.15) is 23.5 Å². The number of ketones is 1. The van der Waals surface area contributed by atoms with Crippen molar-refractivity contribution in [2.24, 2.45) is 0 Å². The van der Waals surface area contributed by atoms with Gasteiger partial charge in [-0.3, -0.25) is 14.4 Å². The Morgan fingerprint density at radius 1 is 1.03 bits per heavy atom. The summed E-state index contributed by atoms with van der Waals surface area (Å²) in [6.07, 6.45) is 0. The van der Waals surface area contributed by atoms with Crippen LogP contribution in [0.15, 0.2) is 59.9 Å². The van der Waals surface area contributed by atoms with E-state index in [-0.39, 0.29) is 11.3 Å². The second kappa shape index (κ2) is 8.95. The van der Waals surface area contributed by atoms with Gasteiger partial charge in [-0.05, 0) is 70.5 Å². The van der Waals surface area contributed by atoms with Crippen molar-refractivity contribution in [2.75, 3.05) is 6.54 Å². The Hall–Kier alpha value is -3.85. The Bertz CT molecular complexity index is 1200. The Morgan fingerprint density at radius 3 is 2.30 bits per heavy atom. The first-order valence-electron chi connectivity index (χ1n) is 10.6. The summed E-state index contributed by atoms with van der Waals surface area (Å²) in [4.78, 5) is 37.7. The molecule has 1 aliphatic rings. The fourth-order valence-corrected chi connectivity index (χ4v) is 3.51. The molecule has 2 aromatic rings. The Labute approximate surface area is 193 Å². The van der Waals surface area contributed by atoms with Gasteiger partial charge in [0, 0.05) is 22.1 Å². The number of ether oxygens (including phenoxy) is 1. The Balaban J connectivity index is 1.87. The molecule has 0 aliphatic heterocycles. The Kier molecular flexibility index (Phi) is 6.46. The van der Waals surface area contributed by atoms with Crippen LogP contribution in [0.4, 0.5) is 0 Å². The minimum Gasteiger partial charge on any atom is -0.510 e. The molecule has 1 aliphatic carbocycles. The number of allylic oxidation sites excluding steroid dienone is 1. The number of aliphatic hydroxyl groups is 1. The molecular weight excluding hydrogens is 418 g/mol. The van der Waals surface area contributed by atoms with Gasteiger partial charge in [-0.15, -0.1) is 0 Å². The topological polar surface area (TPSA) is 92.7 Å². The van der Waals surface area contributed by atoms with Crippen molar-refractivity contribution >= 4 is 17.7 Å². The maximum absolute atomic E-state index is 13.1. The normalized spacial score (nSPS) is 14.6. The van der Waals surface area contributed by atoms with Crippen LogP contribution in [0.3, 0.4) is 0 Å². The molecule has 0 fully saturated rings. The average Bonchev–Trinajstić information content (AvgIpc) is 2.75. The van der Waals surface area contributed by atoms with Gasteiger partial charge in [0.15, 0.2) is 0 Å². The van der Waals surface area contributed by atoms with E-state index in [0.29, 0.717) is 16.7 Å². The molecule has 2 aromatic carbocycles. The van der Waals surface area contributed by atoms with Crippen LogP contribution >= 0.6 is 0 Å². The number of carbonyl (C=O) groups is 3. The number of esters is 1. The molecule has 6 heteroatoms. The highest BCUT2D eigenvalue weighted by Gasteiger charge is 2.42. The second-order valence-electron chi connectivity index (χ2n) is 9.32. The van der Waals surface area contributed by atoms with Gasteiger partial charge in [-0.1, -0.05) is 30.0 Å². The van der Waals surface area contributed by atoms with E-state index in [1.165, 1.54) is 0 Å². The summed E-state index contributed by atoms with van der Waals surface area (Å²) in [6.45, 7) is 8.17. The average molecular weight is 446 g/mol. The van der Waals surface area contributed by atoms with Gasteiger partial charge in [0.25, 0.3) is 5.91 Å². The molecule has 33 heavy (non-hydrogen) atoms. The predicted molar refractivity (Wildman–Crippen MR) is 125 cm³/mol. The molecule has 6 nitrogen and oxygen atoms in total. The van der Waals surface area contributed by atoms with E-state index in [1.54, 1.807) is 52.8 Å². The van der Waals surface area contributed by atoms with E-state index in [0.717, 1.165) is 5.56 Å². The van der Waals surface area contributed by atoms with Gasteiger partial charge < -0.3 is 15.2 Å². The number of hydrogen-bond acceptors (Lipinski definition) is 5. The Morgan fingerprint density at radius 2 is 1.67 bits per heavy atom. The highest BCUT2D eigenvalue weighted by Crippen LogP contribution is 2.40. The third-order valence-electron chi connectivity index (χ3n) is 5.16. The second-order valence-corrected chi connectivity index (χ2v) is 9.32. The molecule has 0 spiro atoms. The van der Waals surface area contributed by atoms with Crippen LogP contribution in [0.1, 0.15) is 61.7 Å². The number of fused-ring (bicyclic) bond motifs is 1. The quantitative estimate of drug-likeness (QED) is 0.426. The fraction of sp³-hybridized carbons (Fsp3) is 0.296. The standard InChI is InChI=1S/C27H27NO5/c1-26(2,3)33-21(29)16-28-25(32)22-23(30)19-14-13-18(12-11-17-9-7-6-8-10-17)15-20(19)27(4,5)24(22)31/h6-10,13-15,31H,16H2,1-5H3,(H,28,32). The molecule has 0 saturated heterocycles. The van der Waals surface area contributed by atoms with Crippen LogP contribution in [-0.2, 0) is 19.7 Å². The van der Waals surface area contributed by atoms with E-state index in [1.807, 2.05) is 30.3 Å². The van der Waals surface area contributed by atoms with E-state index < -0.39 is 35.2 Å². The molecule has 0 saturated carbocycles. The lowest BCUT2D eigenvalue weighted by Gasteiger charge is -2.32. The molecule has 0 unspecified atom stereocenters. The molecular formula is C27H27NO5. The lowest BCUT2D eigenvalue weighted by molar-refractivity contribution is -0.154. The summed E-state index contributed by atoms with van der Waals surface area (Å²) < 4.78 is 5.16. The zero-order valence-electron chi connectivity index (χ0n) is 19.4. The molecule has 0 aromatic heterocycles. The summed E-state index contributed by atoms with van der Waals surface area (Å²) in [5.74, 6) is 3.72. The van der Waals surface area contributed by atoms with E-state index in [9.17, 15) is 19.5 Å². The molecule has 0 radical (unpaired) electrons. The number of nitrogens with one attached hydrogen (secondary N) is 1. The number of rotatable bonds is 3. The van der Waals surface area contributed by atoms with Crippen LogP contribution in [0.5, 0.6) is 0 Å². The smallest absolute Gasteiger partial charge is 0.325 e. The van der Waals surface area contributed by atoms with Crippen molar-refractivity contribution in [3.05, 3.63) is 82.1 Å². The summed E-state index contributed by atoms with van der Waals surface area (Å²) in [6, 6.07) is 14.6. The van der Waals surface area contributed by atoms with E-state index in [4.69, 9.17) is 4.74 Å². The first kappa shape index (κ1) is 23.8. The van der Waals surface area contributed by atoms with Crippen molar-refractivity contribution in [1.82, 2.24) is 5.32 Å². The molecule has 0 atom stereocenters. The summed E-state index contributed by atoms with van der Waals surface area (Å²) in [5.41, 5.74) is 0.345. The van der Waals surface area contributed by atoms with Gasteiger partial charge in [0.2, 0.25) is 5.78 Å². The van der Waals surface area contributed by atoms with E-state index >= 15 is 0 Å². The summed E-state index contributed by atoms with van der Waals surface area (Å²) in [7, 11) is 0. The van der Waals surface area contributed by atoms with Crippen LogP contribution in [0, 0.1) is 11.8 Å². The monoisotopic (exact) mass is 445 g/mol. The zero-order chi connectivity index (χ0) is 24.4. The maximum atomic E-state index is 13.1. The predicted octanol–water partition coefficient (Wildman–Crippen LogP) is 3.83. The van der Waals surface area contributed by atoms with Crippen molar-refractivity contribution < 1.29 is 24.2 Å². The maximum Gasteiger partial charge on any atom is 0.325 e. The number of amides is 1. The first-order valence-corrected chi connectivity index (χ1v) is 10.6. The van der Waals surface area contributed by atoms with Crippen LogP contribution in [0.25, 0.3) is 0 Å². The molecule has 0 heterocycles. The van der Waals surface area contributed by atoms with Crippen LogP contribution in [-0.4, -0.2) is 34.9 Å². The number of benzene rings is 2. The highest BCUT2D eigenvalue weighted by molar-refractivity contribution is 6.27. The van der Waals surface area contributed by atoms with Crippen molar-refractivity contribution in [3.8, 4) is 11.8 Å². The SMILES string of the molecule is CC(C)(C)OC(=O)CNC(=O)C1=C(O)C(C)(C)c2cc(C#Cc3ccccc3)ccc2C1=O. The molecule has 0 bridgehead atoms. The lowest BCUT2D eigenvalue weighted by Crippen LogP contribution is -2.40. The number of Topliss-reactive ketones (excluding diaryl/α,β-unsaturated/α-hetero) is 1. The molecule has 170 valence electrons. The molecule has 3 rings (SSSR count). The number of hydrogen-bond donors (Lipinski definition) is 2. The zero-order valence-corrected chi connectivity index (χ0v) is 19.4. The van der Waals surface area contributed by atoms with Gasteiger partial charge in [-0.25, -0.2) is 0 Å². The van der Waals surface area contributed by atoms with Crippen LogP contribution < -0.4 is 5.32 Å². The largest absolute Gasteiger partial charge is 0.510 e. The molecule has 2 N–H and O–H groups in total. The third kappa shape index (κ3) is 5.32. The fourth-order valence-electron chi connectivity index (χ4n) is 3.51.